The molecule has 1 amide bonds. The van der Waals surface area contributed by atoms with Gasteiger partial charge in [0.05, 0.1) is 12.1 Å². The van der Waals surface area contributed by atoms with Crippen molar-refractivity contribution in [3.05, 3.63) is 16.5 Å². The lowest BCUT2D eigenvalue weighted by molar-refractivity contribution is -0.116. The van der Waals surface area contributed by atoms with Crippen LogP contribution in [0.5, 0.6) is 0 Å². The number of carbonyl (C=O) groups is 2. The number of anilines is 1. The molecule has 0 bridgehead atoms. The van der Waals surface area contributed by atoms with Gasteiger partial charge in [0.2, 0.25) is 5.91 Å². The lowest BCUT2D eigenvalue weighted by atomic mass is 10.2. The van der Waals surface area contributed by atoms with Gasteiger partial charge in [0.1, 0.15) is 16.8 Å². The molecule has 0 aliphatic rings. The Bertz CT molecular complexity index is 479. The SMILES string of the molecule is CCCCN(CC(N)=O)c1nc(C)nc(Cl)c1C=O. The molecule has 0 unspecified atom stereocenters. The Hall–Kier alpha value is -1.69. The van der Waals surface area contributed by atoms with Crippen LogP contribution in [-0.2, 0) is 4.79 Å². The molecule has 1 heterocycles. The van der Waals surface area contributed by atoms with Crippen LogP contribution in [0.3, 0.4) is 0 Å². The smallest absolute Gasteiger partial charge is 0.236 e. The third-order valence-corrected chi connectivity index (χ3v) is 2.82. The molecule has 1 rings (SSSR count). The number of aldehydes is 1. The average molecular weight is 285 g/mol. The number of amides is 1. The fourth-order valence-corrected chi connectivity index (χ4v) is 1.92. The number of rotatable bonds is 7. The largest absolute Gasteiger partial charge is 0.368 e. The van der Waals surface area contributed by atoms with Crippen LogP contribution in [0.15, 0.2) is 0 Å². The minimum absolute atomic E-state index is 0.00633. The standard InChI is InChI=1S/C12H17ClN4O2/c1-3-4-5-17(6-10(14)19)12-9(7-18)11(13)15-8(2)16-12/h7H,3-6H2,1-2H3,(H2,14,19). The van der Waals surface area contributed by atoms with Gasteiger partial charge in [-0.3, -0.25) is 9.59 Å². The Morgan fingerprint density at radius 1 is 1.47 bits per heavy atom. The van der Waals surface area contributed by atoms with Crippen LogP contribution in [0.1, 0.15) is 35.9 Å². The van der Waals surface area contributed by atoms with E-state index in [4.69, 9.17) is 17.3 Å². The van der Waals surface area contributed by atoms with E-state index in [9.17, 15) is 9.59 Å². The molecule has 19 heavy (non-hydrogen) atoms. The van der Waals surface area contributed by atoms with Gasteiger partial charge >= 0.3 is 0 Å². The van der Waals surface area contributed by atoms with E-state index in [0.29, 0.717) is 24.5 Å². The van der Waals surface area contributed by atoms with Gasteiger partial charge in [-0.25, -0.2) is 9.97 Å². The first-order valence-corrected chi connectivity index (χ1v) is 6.40. The van der Waals surface area contributed by atoms with Gasteiger partial charge in [-0.2, -0.15) is 0 Å². The molecule has 0 saturated heterocycles. The van der Waals surface area contributed by atoms with Gasteiger partial charge in [0.25, 0.3) is 0 Å². The van der Waals surface area contributed by atoms with E-state index in [-0.39, 0.29) is 17.3 Å². The topological polar surface area (TPSA) is 89.2 Å². The summed E-state index contributed by atoms with van der Waals surface area (Å²) in [5.41, 5.74) is 5.41. The fraction of sp³-hybridized carbons (Fsp3) is 0.500. The number of halogens is 1. The second-order valence-electron chi connectivity index (χ2n) is 4.16. The van der Waals surface area contributed by atoms with Crippen LogP contribution in [0.4, 0.5) is 5.82 Å². The Labute approximate surface area is 117 Å². The Balaban J connectivity index is 3.19. The number of hydrogen-bond acceptors (Lipinski definition) is 5. The zero-order valence-corrected chi connectivity index (χ0v) is 11.8. The molecule has 7 heteroatoms. The minimum atomic E-state index is -0.486. The number of unbranched alkanes of at least 4 members (excludes halogenated alkanes) is 1. The zero-order valence-electron chi connectivity index (χ0n) is 11.0. The normalized spacial score (nSPS) is 10.3. The van der Waals surface area contributed by atoms with Crippen LogP contribution < -0.4 is 10.6 Å². The van der Waals surface area contributed by atoms with Crippen molar-refractivity contribution in [3.8, 4) is 0 Å². The summed E-state index contributed by atoms with van der Waals surface area (Å²) in [6.07, 6.45) is 2.40. The zero-order chi connectivity index (χ0) is 14.4. The number of hydrogen-bond donors (Lipinski definition) is 1. The number of carbonyl (C=O) groups excluding carboxylic acids is 2. The Morgan fingerprint density at radius 3 is 2.68 bits per heavy atom. The van der Waals surface area contributed by atoms with Crippen molar-refractivity contribution in [3.63, 3.8) is 0 Å². The second kappa shape index (κ2) is 7.04. The molecule has 0 spiro atoms. The molecule has 0 radical (unpaired) electrons. The average Bonchev–Trinajstić information content (AvgIpc) is 2.33. The fourth-order valence-electron chi connectivity index (χ4n) is 1.67. The number of nitrogens with zero attached hydrogens (tertiary/aromatic N) is 3. The summed E-state index contributed by atoms with van der Waals surface area (Å²) in [4.78, 5) is 32.0. The van der Waals surface area contributed by atoms with E-state index in [1.807, 2.05) is 6.92 Å². The third kappa shape index (κ3) is 4.17. The first-order valence-electron chi connectivity index (χ1n) is 6.02. The van der Waals surface area contributed by atoms with Crippen molar-refractivity contribution in [1.29, 1.82) is 0 Å². The van der Waals surface area contributed by atoms with Crippen molar-refractivity contribution in [1.82, 2.24) is 9.97 Å². The maximum absolute atomic E-state index is 11.1. The van der Waals surface area contributed by atoms with Gasteiger partial charge in [-0.15, -0.1) is 0 Å². The van der Waals surface area contributed by atoms with Crippen molar-refractivity contribution in [2.75, 3.05) is 18.0 Å². The van der Waals surface area contributed by atoms with Crippen LogP contribution >= 0.6 is 11.6 Å². The van der Waals surface area contributed by atoms with Crippen molar-refractivity contribution < 1.29 is 9.59 Å². The van der Waals surface area contributed by atoms with E-state index in [2.05, 4.69) is 9.97 Å². The summed E-state index contributed by atoms with van der Waals surface area (Å²) in [5, 5.41) is 0.0865. The number of primary amides is 1. The van der Waals surface area contributed by atoms with Crippen molar-refractivity contribution in [2.24, 2.45) is 5.73 Å². The second-order valence-corrected chi connectivity index (χ2v) is 4.52. The summed E-state index contributed by atoms with van der Waals surface area (Å²) < 4.78 is 0. The van der Waals surface area contributed by atoms with E-state index >= 15 is 0 Å². The van der Waals surface area contributed by atoms with Gasteiger partial charge < -0.3 is 10.6 Å². The first-order chi connectivity index (χ1) is 8.99. The van der Waals surface area contributed by atoms with E-state index in [0.717, 1.165) is 12.8 Å². The first kappa shape index (κ1) is 15.4. The third-order valence-electron chi connectivity index (χ3n) is 2.54. The molecule has 0 atom stereocenters. The van der Waals surface area contributed by atoms with Gasteiger partial charge in [-0.1, -0.05) is 24.9 Å². The Morgan fingerprint density at radius 2 is 2.16 bits per heavy atom. The van der Waals surface area contributed by atoms with Crippen LogP contribution in [0, 0.1) is 6.92 Å². The van der Waals surface area contributed by atoms with Crippen LogP contribution in [-0.4, -0.2) is 35.3 Å². The minimum Gasteiger partial charge on any atom is -0.368 e. The highest BCUT2D eigenvalue weighted by molar-refractivity contribution is 6.32. The molecule has 6 nitrogen and oxygen atoms in total. The van der Waals surface area contributed by atoms with Gasteiger partial charge in [-0.05, 0) is 13.3 Å². The van der Waals surface area contributed by atoms with Crippen LogP contribution in [0.2, 0.25) is 5.15 Å². The highest BCUT2D eigenvalue weighted by Gasteiger charge is 2.18. The van der Waals surface area contributed by atoms with Gasteiger partial charge in [0.15, 0.2) is 6.29 Å². The van der Waals surface area contributed by atoms with E-state index in [1.54, 1.807) is 11.8 Å². The summed E-state index contributed by atoms with van der Waals surface area (Å²) in [6.45, 7) is 4.27. The number of nitrogens with two attached hydrogens (primary N) is 1. The highest BCUT2D eigenvalue weighted by Crippen LogP contribution is 2.23. The molecule has 104 valence electrons. The summed E-state index contributed by atoms with van der Waals surface area (Å²) in [6, 6.07) is 0. The molecule has 0 aromatic carbocycles. The van der Waals surface area contributed by atoms with E-state index in [1.165, 1.54) is 0 Å². The predicted octanol–water partition coefficient (Wildman–Crippen LogP) is 1.34. The van der Waals surface area contributed by atoms with Crippen LogP contribution in [0.25, 0.3) is 0 Å². The Kier molecular flexibility index (Phi) is 5.69. The summed E-state index contributed by atoms with van der Waals surface area (Å²) in [5.74, 6) is 0.316. The summed E-state index contributed by atoms with van der Waals surface area (Å²) in [7, 11) is 0. The maximum Gasteiger partial charge on any atom is 0.236 e. The molecule has 0 aliphatic heterocycles. The summed E-state index contributed by atoms with van der Waals surface area (Å²) >= 11 is 5.92. The molecule has 1 aromatic heterocycles. The van der Waals surface area contributed by atoms with E-state index < -0.39 is 5.91 Å². The monoisotopic (exact) mass is 284 g/mol. The van der Waals surface area contributed by atoms with Crippen molar-refractivity contribution >= 4 is 29.6 Å². The van der Waals surface area contributed by atoms with Crippen molar-refractivity contribution in [2.45, 2.75) is 26.7 Å². The molecule has 1 aromatic rings. The maximum atomic E-state index is 11.1. The van der Waals surface area contributed by atoms with Gasteiger partial charge in [0, 0.05) is 6.54 Å². The number of aromatic nitrogens is 2. The molecule has 0 saturated carbocycles. The molecule has 0 aliphatic carbocycles. The molecule has 2 N–H and O–H groups in total. The molecular formula is C12H17ClN4O2. The quantitative estimate of drug-likeness (QED) is 0.603. The molecule has 0 fully saturated rings. The lowest BCUT2D eigenvalue weighted by Gasteiger charge is -2.23. The highest BCUT2D eigenvalue weighted by atomic mass is 35.5. The lowest BCUT2D eigenvalue weighted by Crippen LogP contribution is -2.36. The molecular weight excluding hydrogens is 268 g/mol. The predicted molar refractivity (Wildman–Crippen MR) is 73.5 cm³/mol. The number of aryl methyl sites for hydroxylation is 1.